The highest BCUT2D eigenvalue weighted by atomic mass is 16.4. The van der Waals surface area contributed by atoms with Crippen molar-refractivity contribution in [3.05, 3.63) is 36.2 Å². The molecule has 0 saturated heterocycles. The maximum absolute atomic E-state index is 11.1. The van der Waals surface area contributed by atoms with E-state index in [2.05, 4.69) is 15.1 Å². The number of fused-ring (bicyclic) bond motifs is 1. The van der Waals surface area contributed by atoms with Gasteiger partial charge >= 0.3 is 5.97 Å². The molecule has 8 nitrogen and oxygen atoms in total. The van der Waals surface area contributed by atoms with Crippen LogP contribution in [0.1, 0.15) is 10.4 Å². The average molecular weight is 270 g/mol. The van der Waals surface area contributed by atoms with Crippen molar-refractivity contribution in [1.82, 2.24) is 19.6 Å². The monoisotopic (exact) mass is 270 g/mol. The lowest BCUT2D eigenvalue weighted by atomic mass is 10.1. The van der Waals surface area contributed by atoms with E-state index in [0.717, 1.165) is 5.56 Å². The van der Waals surface area contributed by atoms with Crippen molar-refractivity contribution in [3.63, 3.8) is 0 Å². The summed E-state index contributed by atoms with van der Waals surface area (Å²) in [5.41, 5.74) is 12.9. The fourth-order valence-corrected chi connectivity index (χ4v) is 1.88. The molecule has 20 heavy (non-hydrogen) atoms. The van der Waals surface area contributed by atoms with Crippen LogP contribution in [-0.2, 0) is 0 Å². The number of nitrogens with two attached hydrogens (primary N) is 2. The summed E-state index contributed by atoms with van der Waals surface area (Å²) < 4.78 is 1.53. The summed E-state index contributed by atoms with van der Waals surface area (Å²) in [6.07, 6.45) is 3.19. The normalized spacial score (nSPS) is 10.8. The third kappa shape index (κ3) is 1.88. The van der Waals surface area contributed by atoms with E-state index in [1.54, 1.807) is 18.3 Å². The van der Waals surface area contributed by atoms with E-state index < -0.39 is 5.97 Å². The largest absolute Gasteiger partial charge is 0.478 e. The molecule has 0 unspecified atom stereocenters. The van der Waals surface area contributed by atoms with Gasteiger partial charge in [-0.25, -0.2) is 14.3 Å². The van der Waals surface area contributed by atoms with Crippen LogP contribution in [-0.4, -0.2) is 30.7 Å². The van der Waals surface area contributed by atoms with Gasteiger partial charge in [0.15, 0.2) is 5.65 Å². The Balaban J connectivity index is 2.14. The van der Waals surface area contributed by atoms with E-state index in [4.69, 9.17) is 16.6 Å². The van der Waals surface area contributed by atoms with Gasteiger partial charge in [-0.2, -0.15) is 4.98 Å². The molecule has 0 aliphatic heterocycles. The number of hydrogen-bond donors (Lipinski definition) is 3. The number of aromatic carboxylic acids is 1. The number of hydrogen-bond acceptors (Lipinski definition) is 6. The quantitative estimate of drug-likeness (QED) is 0.622. The fourth-order valence-electron chi connectivity index (χ4n) is 1.88. The van der Waals surface area contributed by atoms with E-state index in [9.17, 15) is 4.79 Å². The standard InChI is InChI=1S/C12H10N6O2/c13-10-8(11(19)20)3-7(5-15-10)6-1-2-18-9(4-6)16-12(14)17-18/h1-5H,(H2,13,15)(H2,14,17)(H,19,20). The molecular weight excluding hydrogens is 260 g/mol. The van der Waals surface area contributed by atoms with Crippen LogP contribution in [0, 0.1) is 0 Å². The number of nitrogen functional groups attached to an aromatic ring is 2. The Morgan fingerprint density at radius 1 is 1.25 bits per heavy atom. The maximum atomic E-state index is 11.1. The highest BCUT2D eigenvalue weighted by Crippen LogP contribution is 2.23. The lowest BCUT2D eigenvalue weighted by molar-refractivity contribution is 0.0697. The second kappa shape index (κ2) is 4.19. The van der Waals surface area contributed by atoms with Gasteiger partial charge in [0.25, 0.3) is 0 Å². The predicted octanol–water partition coefficient (Wildman–Crippen LogP) is 0.654. The van der Waals surface area contributed by atoms with Crippen molar-refractivity contribution in [3.8, 4) is 11.1 Å². The summed E-state index contributed by atoms with van der Waals surface area (Å²) in [6, 6.07) is 4.97. The van der Waals surface area contributed by atoms with E-state index in [0.29, 0.717) is 11.2 Å². The Labute approximate surface area is 112 Å². The summed E-state index contributed by atoms with van der Waals surface area (Å²) in [5.74, 6) is -0.970. The van der Waals surface area contributed by atoms with Crippen LogP contribution in [0.4, 0.5) is 11.8 Å². The zero-order chi connectivity index (χ0) is 14.3. The summed E-state index contributed by atoms with van der Waals surface area (Å²) in [7, 11) is 0. The maximum Gasteiger partial charge on any atom is 0.339 e. The topological polar surface area (TPSA) is 132 Å². The zero-order valence-corrected chi connectivity index (χ0v) is 10.2. The number of nitrogens with zero attached hydrogens (tertiary/aromatic N) is 4. The second-order valence-corrected chi connectivity index (χ2v) is 4.15. The first kappa shape index (κ1) is 11.9. The van der Waals surface area contributed by atoms with Crippen molar-refractivity contribution in [2.75, 3.05) is 11.5 Å². The number of carboxylic acid groups (broad SMARTS) is 1. The Kier molecular flexibility index (Phi) is 2.50. The van der Waals surface area contributed by atoms with E-state index in [1.165, 1.54) is 16.8 Å². The first-order valence-corrected chi connectivity index (χ1v) is 5.65. The summed E-state index contributed by atoms with van der Waals surface area (Å²) in [5, 5.41) is 13.0. The Bertz CT molecular complexity index is 826. The average Bonchev–Trinajstić information content (AvgIpc) is 2.78. The summed E-state index contributed by atoms with van der Waals surface area (Å²) >= 11 is 0. The molecule has 0 spiro atoms. The smallest absolute Gasteiger partial charge is 0.339 e. The molecule has 8 heteroatoms. The summed E-state index contributed by atoms with van der Waals surface area (Å²) in [6.45, 7) is 0. The van der Waals surface area contributed by atoms with Crippen LogP contribution < -0.4 is 11.5 Å². The van der Waals surface area contributed by atoms with Gasteiger partial charge < -0.3 is 16.6 Å². The molecule has 100 valence electrons. The number of carbonyl (C=O) groups is 1. The first-order chi connectivity index (χ1) is 9.54. The summed E-state index contributed by atoms with van der Waals surface area (Å²) in [4.78, 5) is 19.0. The second-order valence-electron chi connectivity index (χ2n) is 4.15. The first-order valence-electron chi connectivity index (χ1n) is 5.65. The van der Waals surface area contributed by atoms with Crippen molar-refractivity contribution < 1.29 is 9.90 Å². The van der Waals surface area contributed by atoms with Gasteiger partial charge in [-0.1, -0.05) is 0 Å². The third-order valence-corrected chi connectivity index (χ3v) is 2.84. The Hall–Kier alpha value is -3.16. The van der Waals surface area contributed by atoms with Gasteiger partial charge in [0.05, 0.1) is 0 Å². The Morgan fingerprint density at radius 3 is 2.80 bits per heavy atom. The lowest BCUT2D eigenvalue weighted by Crippen LogP contribution is -2.04. The molecule has 3 heterocycles. The molecule has 0 aliphatic carbocycles. The highest BCUT2D eigenvalue weighted by Gasteiger charge is 2.11. The highest BCUT2D eigenvalue weighted by molar-refractivity contribution is 5.94. The molecule has 0 aliphatic rings. The van der Waals surface area contributed by atoms with Crippen molar-refractivity contribution in [2.45, 2.75) is 0 Å². The number of aromatic nitrogens is 4. The zero-order valence-electron chi connectivity index (χ0n) is 10.2. The van der Waals surface area contributed by atoms with Gasteiger partial charge in [0.1, 0.15) is 11.4 Å². The van der Waals surface area contributed by atoms with E-state index in [1.807, 2.05) is 0 Å². The molecule has 3 aromatic heterocycles. The fraction of sp³-hybridized carbons (Fsp3) is 0. The molecule has 0 atom stereocenters. The molecule has 5 N–H and O–H groups in total. The number of rotatable bonds is 2. The Morgan fingerprint density at radius 2 is 2.05 bits per heavy atom. The van der Waals surface area contributed by atoms with Gasteiger partial charge in [0.2, 0.25) is 5.95 Å². The molecule has 0 aromatic carbocycles. The van der Waals surface area contributed by atoms with E-state index >= 15 is 0 Å². The van der Waals surface area contributed by atoms with Crippen molar-refractivity contribution in [2.24, 2.45) is 0 Å². The molecule has 0 amide bonds. The minimum Gasteiger partial charge on any atom is -0.478 e. The molecule has 0 fully saturated rings. The molecule has 0 radical (unpaired) electrons. The SMILES string of the molecule is Nc1nc2cc(-c3cnc(N)c(C(=O)O)c3)ccn2n1. The molecule has 3 aromatic rings. The van der Waals surface area contributed by atoms with Crippen molar-refractivity contribution in [1.29, 1.82) is 0 Å². The molecular formula is C12H10N6O2. The lowest BCUT2D eigenvalue weighted by Gasteiger charge is -2.05. The van der Waals surface area contributed by atoms with Crippen LogP contribution in [0.3, 0.4) is 0 Å². The number of pyridine rings is 2. The van der Waals surface area contributed by atoms with Crippen LogP contribution >= 0.6 is 0 Å². The van der Waals surface area contributed by atoms with Crippen LogP contribution in [0.5, 0.6) is 0 Å². The molecule has 0 bridgehead atoms. The van der Waals surface area contributed by atoms with E-state index in [-0.39, 0.29) is 17.3 Å². The van der Waals surface area contributed by atoms with Crippen LogP contribution in [0.25, 0.3) is 16.8 Å². The minimum atomic E-state index is -1.12. The molecule has 3 rings (SSSR count). The number of carboxylic acids is 1. The van der Waals surface area contributed by atoms with Gasteiger partial charge in [-0.3, -0.25) is 0 Å². The number of anilines is 2. The van der Waals surface area contributed by atoms with Gasteiger partial charge in [-0.05, 0) is 23.8 Å². The van der Waals surface area contributed by atoms with Crippen LogP contribution in [0.2, 0.25) is 0 Å². The van der Waals surface area contributed by atoms with Gasteiger partial charge in [0, 0.05) is 18.0 Å². The third-order valence-electron chi connectivity index (χ3n) is 2.84. The molecule has 0 saturated carbocycles. The van der Waals surface area contributed by atoms with Crippen molar-refractivity contribution >= 4 is 23.4 Å². The van der Waals surface area contributed by atoms with Crippen LogP contribution in [0.15, 0.2) is 30.6 Å². The van der Waals surface area contributed by atoms with Gasteiger partial charge in [-0.15, -0.1) is 5.10 Å². The predicted molar refractivity (Wildman–Crippen MR) is 72.0 cm³/mol. The minimum absolute atomic E-state index is 0.0194.